The van der Waals surface area contributed by atoms with E-state index in [9.17, 15) is 0 Å². The van der Waals surface area contributed by atoms with Gasteiger partial charge in [0.2, 0.25) is 0 Å². The Morgan fingerprint density at radius 1 is 1.26 bits per heavy atom. The second kappa shape index (κ2) is 5.70. The van der Waals surface area contributed by atoms with Gasteiger partial charge in [-0.2, -0.15) is 15.6 Å². The van der Waals surface area contributed by atoms with Crippen LogP contribution in [-0.4, -0.2) is 9.78 Å². The van der Waals surface area contributed by atoms with Gasteiger partial charge < -0.3 is 5.32 Å². The van der Waals surface area contributed by atoms with Crippen molar-refractivity contribution in [2.45, 2.75) is 20.0 Å². The Bertz CT molecular complexity index is 657. The number of aromatic nitrogens is 2. The van der Waals surface area contributed by atoms with E-state index in [0.717, 1.165) is 17.8 Å². The lowest BCUT2D eigenvalue weighted by atomic mass is 10.1. The molecule has 0 aliphatic carbocycles. The average Bonchev–Trinajstić information content (AvgIpc) is 2.92. The second-order valence-electron chi connectivity index (χ2n) is 4.04. The Hall–Kier alpha value is -2.79. The predicted octanol–water partition coefficient (Wildman–Crippen LogP) is 2.26. The first-order chi connectivity index (χ1) is 9.26. The first kappa shape index (κ1) is 12.7. The van der Waals surface area contributed by atoms with Gasteiger partial charge in [-0.25, -0.2) is 0 Å². The van der Waals surface area contributed by atoms with E-state index in [-0.39, 0.29) is 0 Å². The highest BCUT2D eigenvalue weighted by Gasteiger charge is 2.03. The molecule has 1 aromatic heterocycles. The van der Waals surface area contributed by atoms with Crippen LogP contribution in [0.15, 0.2) is 30.6 Å². The van der Waals surface area contributed by atoms with Crippen molar-refractivity contribution in [3.05, 3.63) is 47.3 Å². The zero-order valence-corrected chi connectivity index (χ0v) is 10.6. The van der Waals surface area contributed by atoms with Crippen LogP contribution in [0.1, 0.15) is 23.6 Å². The molecule has 5 nitrogen and oxygen atoms in total. The molecule has 94 valence electrons. The Kier molecular flexibility index (Phi) is 3.80. The molecule has 19 heavy (non-hydrogen) atoms. The average molecular weight is 251 g/mol. The maximum Gasteiger partial charge on any atom is 0.101 e. The number of hydrogen-bond acceptors (Lipinski definition) is 4. The molecule has 0 aliphatic rings. The van der Waals surface area contributed by atoms with Crippen molar-refractivity contribution in [3.63, 3.8) is 0 Å². The highest BCUT2D eigenvalue weighted by molar-refractivity contribution is 5.56. The van der Waals surface area contributed by atoms with Gasteiger partial charge in [0.1, 0.15) is 12.1 Å². The number of aryl methyl sites for hydroxylation is 1. The van der Waals surface area contributed by atoms with E-state index in [2.05, 4.69) is 10.4 Å². The zero-order valence-electron chi connectivity index (χ0n) is 10.6. The van der Waals surface area contributed by atoms with Crippen LogP contribution < -0.4 is 5.32 Å². The molecule has 2 aromatic rings. The van der Waals surface area contributed by atoms with Crippen molar-refractivity contribution >= 4 is 5.69 Å². The van der Waals surface area contributed by atoms with E-state index in [1.165, 1.54) is 0 Å². The third-order valence-electron chi connectivity index (χ3n) is 2.77. The number of nitriles is 2. The SMILES string of the molecule is CCn1cc(CNc2ccc(C#N)c(C#N)c2)cn1. The van der Waals surface area contributed by atoms with E-state index >= 15 is 0 Å². The molecule has 0 aliphatic heterocycles. The molecule has 5 heteroatoms. The molecule has 0 atom stereocenters. The van der Waals surface area contributed by atoms with E-state index in [0.29, 0.717) is 17.7 Å². The molecule has 0 spiro atoms. The lowest BCUT2D eigenvalue weighted by Crippen LogP contribution is -1.99. The fourth-order valence-electron chi connectivity index (χ4n) is 1.72. The minimum absolute atomic E-state index is 0.386. The first-order valence-electron chi connectivity index (χ1n) is 5.96. The zero-order chi connectivity index (χ0) is 13.7. The van der Waals surface area contributed by atoms with Crippen LogP contribution in [0.25, 0.3) is 0 Å². The van der Waals surface area contributed by atoms with Gasteiger partial charge >= 0.3 is 0 Å². The van der Waals surface area contributed by atoms with Gasteiger partial charge in [-0.3, -0.25) is 4.68 Å². The van der Waals surface area contributed by atoms with Gasteiger partial charge in [-0.15, -0.1) is 0 Å². The minimum atomic E-state index is 0.386. The summed E-state index contributed by atoms with van der Waals surface area (Å²) < 4.78 is 1.86. The summed E-state index contributed by atoms with van der Waals surface area (Å²) in [5.41, 5.74) is 2.67. The molecule has 1 N–H and O–H groups in total. The molecule has 1 aromatic carbocycles. The summed E-state index contributed by atoms with van der Waals surface area (Å²) in [6, 6.07) is 9.14. The highest BCUT2D eigenvalue weighted by Crippen LogP contribution is 2.15. The van der Waals surface area contributed by atoms with Gasteiger partial charge in [0.25, 0.3) is 0 Å². The topological polar surface area (TPSA) is 77.4 Å². The van der Waals surface area contributed by atoms with E-state index in [1.807, 2.05) is 36.1 Å². The predicted molar refractivity (Wildman–Crippen MR) is 71.1 cm³/mol. The largest absolute Gasteiger partial charge is 0.381 e. The lowest BCUT2D eigenvalue weighted by molar-refractivity contribution is 0.659. The number of benzene rings is 1. The molecular weight excluding hydrogens is 238 g/mol. The molecule has 0 radical (unpaired) electrons. The maximum absolute atomic E-state index is 8.95. The molecule has 0 saturated carbocycles. The fourth-order valence-corrected chi connectivity index (χ4v) is 1.72. The maximum atomic E-state index is 8.95. The summed E-state index contributed by atoms with van der Waals surface area (Å²) in [5.74, 6) is 0. The summed E-state index contributed by atoms with van der Waals surface area (Å²) in [6.07, 6.45) is 3.78. The molecule has 2 rings (SSSR count). The molecule has 0 bridgehead atoms. The smallest absolute Gasteiger partial charge is 0.101 e. The van der Waals surface area contributed by atoms with Crippen molar-refractivity contribution in [1.82, 2.24) is 9.78 Å². The van der Waals surface area contributed by atoms with Crippen LogP contribution in [0.3, 0.4) is 0 Å². The number of anilines is 1. The summed E-state index contributed by atoms with van der Waals surface area (Å²) in [7, 11) is 0. The Labute approximate surface area is 111 Å². The van der Waals surface area contributed by atoms with Crippen LogP contribution in [0, 0.1) is 22.7 Å². The summed E-state index contributed by atoms with van der Waals surface area (Å²) in [4.78, 5) is 0. The first-order valence-corrected chi connectivity index (χ1v) is 5.96. The van der Waals surface area contributed by atoms with Crippen molar-refractivity contribution in [2.75, 3.05) is 5.32 Å². The summed E-state index contributed by atoms with van der Waals surface area (Å²) >= 11 is 0. The monoisotopic (exact) mass is 251 g/mol. The molecule has 1 heterocycles. The summed E-state index contributed by atoms with van der Waals surface area (Å²) in [6.45, 7) is 3.51. The standard InChI is InChI=1S/C14H13N5/c1-2-19-10-11(9-18-19)8-17-14-4-3-12(6-15)13(5-14)7-16/h3-5,9-10,17H,2,8H2,1H3. The minimum Gasteiger partial charge on any atom is -0.381 e. The number of hydrogen-bond donors (Lipinski definition) is 1. The third-order valence-corrected chi connectivity index (χ3v) is 2.77. The van der Waals surface area contributed by atoms with Crippen molar-refractivity contribution < 1.29 is 0 Å². The molecule has 0 amide bonds. The Morgan fingerprint density at radius 2 is 2.05 bits per heavy atom. The molecular formula is C14H13N5. The van der Waals surface area contributed by atoms with Gasteiger partial charge in [-0.05, 0) is 25.1 Å². The normalized spacial score (nSPS) is 9.63. The van der Waals surface area contributed by atoms with Gasteiger partial charge in [-0.1, -0.05) is 0 Å². The van der Waals surface area contributed by atoms with E-state index < -0.39 is 0 Å². The lowest BCUT2D eigenvalue weighted by Gasteiger charge is -2.05. The second-order valence-corrected chi connectivity index (χ2v) is 4.04. The number of nitrogens with zero attached hydrogens (tertiary/aromatic N) is 4. The van der Waals surface area contributed by atoms with Gasteiger partial charge in [0, 0.05) is 30.5 Å². The summed E-state index contributed by atoms with van der Waals surface area (Å²) in [5, 5.41) is 25.2. The highest BCUT2D eigenvalue weighted by atomic mass is 15.3. The van der Waals surface area contributed by atoms with Gasteiger partial charge in [0.15, 0.2) is 0 Å². The van der Waals surface area contributed by atoms with Crippen LogP contribution >= 0.6 is 0 Å². The molecule has 0 unspecified atom stereocenters. The van der Waals surface area contributed by atoms with Crippen LogP contribution in [0.5, 0.6) is 0 Å². The number of rotatable bonds is 4. The van der Waals surface area contributed by atoms with Crippen molar-refractivity contribution in [1.29, 1.82) is 10.5 Å². The van der Waals surface area contributed by atoms with Crippen LogP contribution in [-0.2, 0) is 13.1 Å². The van der Waals surface area contributed by atoms with E-state index in [1.54, 1.807) is 18.2 Å². The quantitative estimate of drug-likeness (QED) is 0.904. The fraction of sp³-hybridized carbons (Fsp3) is 0.214. The number of nitrogens with one attached hydrogen (secondary N) is 1. The van der Waals surface area contributed by atoms with Crippen LogP contribution in [0.2, 0.25) is 0 Å². The van der Waals surface area contributed by atoms with E-state index in [4.69, 9.17) is 10.5 Å². The third kappa shape index (κ3) is 2.91. The molecule has 0 fully saturated rings. The van der Waals surface area contributed by atoms with Crippen molar-refractivity contribution in [3.8, 4) is 12.1 Å². The van der Waals surface area contributed by atoms with Crippen LogP contribution in [0.4, 0.5) is 5.69 Å². The Morgan fingerprint density at radius 3 is 2.68 bits per heavy atom. The van der Waals surface area contributed by atoms with Gasteiger partial charge in [0.05, 0.1) is 17.3 Å². The van der Waals surface area contributed by atoms with Crippen molar-refractivity contribution in [2.24, 2.45) is 0 Å². The molecule has 0 saturated heterocycles. The Balaban J connectivity index is 2.08.